The molecule has 0 aliphatic rings. The third-order valence-corrected chi connectivity index (χ3v) is 1.84. The third-order valence-electron chi connectivity index (χ3n) is 1.84. The van der Waals surface area contributed by atoms with E-state index in [-0.39, 0.29) is 6.61 Å². The minimum atomic E-state index is -1.65. The SMILES string of the molecule is CCOC(=O)C(N)C(=O)NC(CC(N)=O)C(=O)O. The van der Waals surface area contributed by atoms with Crippen LogP contribution >= 0.6 is 0 Å². The van der Waals surface area contributed by atoms with E-state index in [1.807, 2.05) is 5.32 Å². The molecule has 0 aromatic carbocycles. The number of nitrogens with one attached hydrogen (secondary N) is 1. The van der Waals surface area contributed by atoms with Gasteiger partial charge in [-0.25, -0.2) is 9.59 Å². The second-order valence-corrected chi connectivity index (χ2v) is 3.30. The molecule has 9 heteroatoms. The van der Waals surface area contributed by atoms with Crippen LogP contribution < -0.4 is 16.8 Å². The quantitative estimate of drug-likeness (QED) is 0.286. The smallest absolute Gasteiger partial charge is 0.332 e. The Bertz CT molecular complexity index is 356. The molecule has 0 aliphatic carbocycles. The van der Waals surface area contributed by atoms with Crippen LogP contribution in [-0.4, -0.2) is 47.6 Å². The van der Waals surface area contributed by atoms with Crippen molar-refractivity contribution >= 4 is 23.8 Å². The highest BCUT2D eigenvalue weighted by Gasteiger charge is 2.29. The van der Waals surface area contributed by atoms with Gasteiger partial charge in [0.05, 0.1) is 13.0 Å². The number of primary amides is 1. The van der Waals surface area contributed by atoms with Crippen molar-refractivity contribution < 1.29 is 29.0 Å². The number of amides is 2. The van der Waals surface area contributed by atoms with Gasteiger partial charge >= 0.3 is 11.9 Å². The Hall–Kier alpha value is -2.16. The van der Waals surface area contributed by atoms with Gasteiger partial charge in [-0.2, -0.15) is 0 Å². The van der Waals surface area contributed by atoms with Gasteiger partial charge in [-0.15, -0.1) is 0 Å². The zero-order chi connectivity index (χ0) is 14.3. The van der Waals surface area contributed by atoms with Crippen LogP contribution in [0.4, 0.5) is 0 Å². The summed E-state index contributed by atoms with van der Waals surface area (Å²) in [6.07, 6.45) is -0.601. The largest absolute Gasteiger partial charge is 0.480 e. The van der Waals surface area contributed by atoms with Gasteiger partial charge in [-0.3, -0.25) is 9.59 Å². The van der Waals surface area contributed by atoms with Crippen LogP contribution in [-0.2, 0) is 23.9 Å². The van der Waals surface area contributed by atoms with Crippen molar-refractivity contribution in [1.29, 1.82) is 0 Å². The van der Waals surface area contributed by atoms with Crippen LogP contribution in [0.25, 0.3) is 0 Å². The van der Waals surface area contributed by atoms with E-state index in [1.165, 1.54) is 6.92 Å². The van der Waals surface area contributed by atoms with Crippen molar-refractivity contribution in [3.63, 3.8) is 0 Å². The summed E-state index contributed by atoms with van der Waals surface area (Å²) in [4.78, 5) is 43.8. The number of aliphatic carboxylic acids is 1. The molecular formula is C9H15N3O6. The standard InChI is InChI=1S/C9H15N3O6/c1-2-18-9(17)6(11)7(14)12-4(8(15)16)3-5(10)13/h4,6H,2-3,11H2,1H3,(H2,10,13)(H,12,14)(H,15,16). The lowest BCUT2D eigenvalue weighted by molar-refractivity contribution is -0.150. The second-order valence-electron chi connectivity index (χ2n) is 3.30. The molecule has 0 rings (SSSR count). The lowest BCUT2D eigenvalue weighted by atomic mass is 10.2. The summed E-state index contributed by atoms with van der Waals surface area (Å²) < 4.78 is 4.48. The predicted molar refractivity (Wildman–Crippen MR) is 58.0 cm³/mol. The summed E-state index contributed by atoms with van der Waals surface area (Å²) >= 11 is 0. The first-order valence-corrected chi connectivity index (χ1v) is 5.03. The number of nitrogens with two attached hydrogens (primary N) is 2. The van der Waals surface area contributed by atoms with Crippen molar-refractivity contribution in [2.45, 2.75) is 25.4 Å². The Morgan fingerprint density at radius 3 is 2.28 bits per heavy atom. The van der Waals surface area contributed by atoms with Crippen LogP contribution in [0, 0.1) is 0 Å². The number of carboxylic acid groups (broad SMARTS) is 1. The summed E-state index contributed by atoms with van der Waals surface area (Å²) in [7, 11) is 0. The number of rotatable bonds is 7. The van der Waals surface area contributed by atoms with E-state index < -0.39 is 42.3 Å². The van der Waals surface area contributed by atoms with Gasteiger partial charge in [0, 0.05) is 0 Å². The highest BCUT2D eigenvalue weighted by molar-refractivity contribution is 6.03. The lowest BCUT2D eigenvalue weighted by Crippen LogP contribution is -2.52. The van der Waals surface area contributed by atoms with Crippen LogP contribution in [0.3, 0.4) is 0 Å². The summed E-state index contributed by atoms with van der Waals surface area (Å²) in [5, 5.41) is 10.6. The molecule has 0 saturated heterocycles. The molecule has 0 fully saturated rings. The molecule has 102 valence electrons. The number of carboxylic acids is 1. The Morgan fingerprint density at radius 1 is 1.33 bits per heavy atom. The summed E-state index contributed by atoms with van der Waals surface area (Å²) in [5.41, 5.74) is 10.0. The van der Waals surface area contributed by atoms with Crippen LogP contribution in [0.2, 0.25) is 0 Å². The molecule has 0 saturated carbocycles. The summed E-state index contributed by atoms with van der Waals surface area (Å²) in [6, 6.07) is -3.19. The molecule has 6 N–H and O–H groups in total. The van der Waals surface area contributed by atoms with Crippen molar-refractivity contribution in [2.24, 2.45) is 11.5 Å². The predicted octanol–water partition coefficient (Wildman–Crippen LogP) is -2.68. The van der Waals surface area contributed by atoms with Crippen molar-refractivity contribution in [3.8, 4) is 0 Å². The topological polar surface area (TPSA) is 162 Å². The highest BCUT2D eigenvalue weighted by atomic mass is 16.5. The van der Waals surface area contributed by atoms with Crippen molar-refractivity contribution in [3.05, 3.63) is 0 Å². The van der Waals surface area contributed by atoms with Crippen LogP contribution in [0.1, 0.15) is 13.3 Å². The maximum Gasteiger partial charge on any atom is 0.332 e. The maximum absolute atomic E-state index is 11.4. The molecule has 2 unspecified atom stereocenters. The minimum Gasteiger partial charge on any atom is -0.480 e. The maximum atomic E-state index is 11.4. The second kappa shape index (κ2) is 7.22. The Kier molecular flexibility index (Phi) is 6.35. The van der Waals surface area contributed by atoms with Gasteiger partial charge in [0.15, 0.2) is 6.04 Å². The monoisotopic (exact) mass is 261 g/mol. The molecule has 0 aliphatic heterocycles. The molecule has 9 nitrogen and oxygen atoms in total. The van der Waals surface area contributed by atoms with E-state index in [0.29, 0.717) is 0 Å². The number of ether oxygens (including phenoxy) is 1. The lowest BCUT2D eigenvalue weighted by Gasteiger charge is -2.15. The number of carbonyl (C=O) groups is 4. The normalized spacial score (nSPS) is 13.2. The first kappa shape index (κ1) is 15.8. The van der Waals surface area contributed by atoms with Gasteiger partial charge in [-0.1, -0.05) is 0 Å². The minimum absolute atomic E-state index is 0.0312. The molecule has 0 radical (unpaired) electrons. The number of hydrogen-bond acceptors (Lipinski definition) is 6. The fraction of sp³-hybridized carbons (Fsp3) is 0.556. The van der Waals surface area contributed by atoms with E-state index in [2.05, 4.69) is 4.74 Å². The van der Waals surface area contributed by atoms with Crippen LogP contribution in [0.5, 0.6) is 0 Å². The molecule has 0 heterocycles. The molecule has 0 bridgehead atoms. The molecule has 0 spiro atoms. The van der Waals surface area contributed by atoms with E-state index in [9.17, 15) is 19.2 Å². The van der Waals surface area contributed by atoms with Gasteiger partial charge in [0.25, 0.3) is 0 Å². The number of hydrogen-bond donors (Lipinski definition) is 4. The van der Waals surface area contributed by atoms with Gasteiger partial charge in [0.2, 0.25) is 11.8 Å². The summed E-state index contributed by atoms with van der Waals surface area (Å²) in [6.45, 7) is 1.55. The Balaban J connectivity index is 4.54. The van der Waals surface area contributed by atoms with E-state index in [0.717, 1.165) is 0 Å². The Labute approximate surface area is 102 Å². The first-order valence-electron chi connectivity index (χ1n) is 5.03. The molecular weight excluding hydrogens is 246 g/mol. The van der Waals surface area contributed by atoms with Gasteiger partial charge < -0.3 is 26.6 Å². The molecule has 0 aromatic rings. The third kappa shape index (κ3) is 5.25. The van der Waals surface area contributed by atoms with E-state index in [1.54, 1.807) is 0 Å². The van der Waals surface area contributed by atoms with Gasteiger partial charge in [-0.05, 0) is 6.92 Å². The summed E-state index contributed by atoms with van der Waals surface area (Å²) in [5.74, 6) is -4.41. The molecule has 0 aromatic heterocycles. The fourth-order valence-corrected chi connectivity index (χ4v) is 1.00. The van der Waals surface area contributed by atoms with E-state index >= 15 is 0 Å². The van der Waals surface area contributed by atoms with Crippen molar-refractivity contribution in [1.82, 2.24) is 5.32 Å². The first-order chi connectivity index (χ1) is 8.29. The van der Waals surface area contributed by atoms with Crippen molar-refractivity contribution in [2.75, 3.05) is 6.61 Å². The highest BCUT2D eigenvalue weighted by Crippen LogP contribution is 1.94. The molecule has 2 atom stereocenters. The Morgan fingerprint density at radius 2 is 1.89 bits per heavy atom. The average molecular weight is 261 g/mol. The number of esters is 1. The molecule has 18 heavy (non-hydrogen) atoms. The zero-order valence-corrected chi connectivity index (χ0v) is 9.71. The zero-order valence-electron chi connectivity index (χ0n) is 9.71. The number of carbonyl (C=O) groups excluding carboxylic acids is 3. The fourth-order valence-electron chi connectivity index (χ4n) is 1.00. The average Bonchev–Trinajstić information content (AvgIpc) is 2.26. The van der Waals surface area contributed by atoms with E-state index in [4.69, 9.17) is 16.6 Å². The van der Waals surface area contributed by atoms with Crippen LogP contribution in [0.15, 0.2) is 0 Å². The van der Waals surface area contributed by atoms with Gasteiger partial charge in [0.1, 0.15) is 6.04 Å². The molecule has 2 amide bonds.